The molecule has 2 aliphatic rings. The van der Waals surface area contributed by atoms with E-state index in [1.165, 1.54) is 23.6 Å². The second-order valence-electron chi connectivity index (χ2n) is 6.44. The van der Waals surface area contributed by atoms with Gasteiger partial charge >= 0.3 is 5.97 Å². The molecule has 0 aromatic heterocycles. The molecule has 0 aliphatic carbocycles. The van der Waals surface area contributed by atoms with Gasteiger partial charge in [0.2, 0.25) is 5.91 Å². The number of hydrogen-bond donors (Lipinski definition) is 0. The molecule has 5 nitrogen and oxygen atoms in total. The van der Waals surface area contributed by atoms with Crippen LogP contribution >= 0.6 is 11.8 Å². The van der Waals surface area contributed by atoms with Crippen molar-refractivity contribution in [1.29, 1.82) is 0 Å². The predicted molar refractivity (Wildman–Crippen MR) is 86.5 cm³/mol. The van der Waals surface area contributed by atoms with Gasteiger partial charge in [-0.2, -0.15) is 0 Å². The number of ether oxygens (including phenoxy) is 1. The van der Waals surface area contributed by atoms with Gasteiger partial charge in [-0.25, -0.2) is 4.79 Å². The SMILES string of the molecule is CC(=O)[C@H]1C(=O)N2[C@@H]1SC(C)(C)[C@@H]2C(=O)OCc1ccccc1. The van der Waals surface area contributed by atoms with E-state index in [0.29, 0.717) is 0 Å². The van der Waals surface area contributed by atoms with E-state index >= 15 is 0 Å². The molecular weight excluding hydrogens is 314 g/mol. The van der Waals surface area contributed by atoms with Crippen LogP contribution in [-0.4, -0.2) is 38.7 Å². The molecule has 0 saturated carbocycles. The molecule has 0 spiro atoms. The van der Waals surface area contributed by atoms with Crippen molar-refractivity contribution < 1.29 is 19.1 Å². The van der Waals surface area contributed by atoms with Crippen molar-refractivity contribution in [2.75, 3.05) is 0 Å². The number of carbonyl (C=O) groups excluding carboxylic acids is 3. The first kappa shape index (κ1) is 16.1. The van der Waals surface area contributed by atoms with E-state index in [9.17, 15) is 14.4 Å². The third-order valence-electron chi connectivity index (χ3n) is 4.33. The molecule has 1 amide bonds. The largest absolute Gasteiger partial charge is 0.459 e. The van der Waals surface area contributed by atoms with Gasteiger partial charge < -0.3 is 9.64 Å². The van der Waals surface area contributed by atoms with Gasteiger partial charge in [0.15, 0.2) is 0 Å². The van der Waals surface area contributed by atoms with Gasteiger partial charge in [-0.15, -0.1) is 11.8 Å². The molecule has 0 radical (unpaired) electrons. The zero-order valence-corrected chi connectivity index (χ0v) is 14.1. The highest BCUT2D eigenvalue weighted by molar-refractivity contribution is 8.01. The minimum atomic E-state index is -0.649. The average Bonchev–Trinajstić information content (AvgIpc) is 2.73. The summed E-state index contributed by atoms with van der Waals surface area (Å²) < 4.78 is 4.94. The van der Waals surface area contributed by atoms with E-state index in [0.717, 1.165) is 5.56 Å². The molecule has 2 fully saturated rings. The maximum absolute atomic E-state index is 12.5. The van der Waals surface area contributed by atoms with Gasteiger partial charge in [0, 0.05) is 4.75 Å². The predicted octanol–water partition coefficient (Wildman–Crippen LogP) is 2.00. The number of nitrogens with zero attached hydrogens (tertiary/aromatic N) is 1. The topological polar surface area (TPSA) is 63.7 Å². The zero-order chi connectivity index (χ0) is 16.8. The van der Waals surface area contributed by atoms with Gasteiger partial charge in [-0.1, -0.05) is 30.3 Å². The van der Waals surface area contributed by atoms with Crippen molar-refractivity contribution in [3.8, 4) is 0 Å². The first-order valence-electron chi connectivity index (χ1n) is 7.54. The van der Waals surface area contributed by atoms with Crippen LogP contribution in [0.1, 0.15) is 26.3 Å². The molecule has 3 rings (SSSR count). The highest BCUT2D eigenvalue weighted by Crippen LogP contribution is 2.53. The van der Waals surface area contributed by atoms with E-state index in [2.05, 4.69) is 0 Å². The Bertz CT molecular complexity index is 658. The molecule has 2 heterocycles. The van der Waals surface area contributed by atoms with Crippen molar-refractivity contribution >= 4 is 29.4 Å². The number of esters is 1. The van der Waals surface area contributed by atoms with Crippen LogP contribution in [0.25, 0.3) is 0 Å². The third kappa shape index (κ3) is 2.65. The summed E-state index contributed by atoms with van der Waals surface area (Å²) >= 11 is 1.50. The van der Waals surface area contributed by atoms with E-state index in [4.69, 9.17) is 4.74 Å². The Morgan fingerprint density at radius 3 is 2.52 bits per heavy atom. The highest BCUT2D eigenvalue weighted by Gasteiger charge is 2.65. The Labute approximate surface area is 139 Å². The quantitative estimate of drug-likeness (QED) is 0.479. The number of ketones is 1. The normalized spacial score (nSPS) is 28.0. The minimum absolute atomic E-state index is 0.141. The van der Waals surface area contributed by atoms with Crippen LogP contribution in [0.3, 0.4) is 0 Å². The van der Waals surface area contributed by atoms with Gasteiger partial charge in [0.1, 0.15) is 24.3 Å². The summed E-state index contributed by atoms with van der Waals surface area (Å²) in [7, 11) is 0. The number of carbonyl (C=O) groups is 3. The maximum Gasteiger partial charge on any atom is 0.330 e. The number of rotatable bonds is 4. The van der Waals surface area contributed by atoms with Crippen LogP contribution in [0.15, 0.2) is 30.3 Å². The molecule has 23 heavy (non-hydrogen) atoms. The summed E-state index contributed by atoms with van der Waals surface area (Å²) in [6.07, 6.45) is 0. The lowest BCUT2D eigenvalue weighted by Crippen LogP contribution is -2.64. The van der Waals surface area contributed by atoms with Gasteiger partial charge in [-0.3, -0.25) is 9.59 Å². The number of benzene rings is 1. The van der Waals surface area contributed by atoms with E-state index in [1.807, 2.05) is 44.2 Å². The van der Waals surface area contributed by atoms with Gasteiger partial charge in [0.25, 0.3) is 0 Å². The standard InChI is InChI=1S/C17H19NO4S/c1-10(19)12-14(20)18-13(17(2,3)23-15(12)18)16(21)22-9-11-7-5-4-6-8-11/h4-8,12-13,15H,9H2,1-3H3/t12-,13-,15+/m0/s1. The van der Waals surface area contributed by atoms with Crippen molar-refractivity contribution in [1.82, 2.24) is 4.90 Å². The van der Waals surface area contributed by atoms with Gasteiger partial charge in [-0.05, 0) is 26.3 Å². The van der Waals surface area contributed by atoms with Crippen LogP contribution in [-0.2, 0) is 25.7 Å². The summed E-state index contributed by atoms with van der Waals surface area (Å²) in [5.74, 6) is -1.43. The Morgan fingerprint density at radius 1 is 1.26 bits per heavy atom. The van der Waals surface area contributed by atoms with E-state index in [1.54, 1.807) is 0 Å². The number of amides is 1. The second kappa shape index (κ2) is 5.67. The van der Waals surface area contributed by atoms with Crippen LogP contribution in [0.4, 0.5) is 0 Å². The fourth-order valence-electron chi connectivity index (χ4n) is 3.18. The van der Waals surface area contributed by atoms with Crippen molar-refractivity contribution in [3.05, 3.63) is 35.9 Å². The summed E-state index contributed by atoms with van der Waals surface area (Å²) in [5, 5.41) is -0.246. The number of hydrogen-bond acceptors (Lipinski definition) is 5. The van der Waals surface area contributed by atoms with E-state index in [-0.39, 0.29) is 23.7 Å². The minimum Gasteiger partial charge on any atom is -0.459 e. The monoisotopic (exact) mass is 333 g/mol. The molecule has 1 aromatic rings. The van der Waals surface area contributed by atoms with Crippen LogP contribution < -0.4 is 0 Å². The molecule has 122 valence electrons. The van der Waals surface area contributed by atoms with Crippen LogP contribution in [0.5, 0.6) is 0 Å². The average molecular weight is 333 g/mol. The molecule has 0 bridgehead atoms. The highest BCUT2D eigenvalue weighted by atomic mass is 32.2. The van der Waals surface area contributed by atoms with Crippen molar-refractivity contribution in [2.24, 2.45) is 5.92 Å². The number of β-lactam (4-membered cyclic amide) rings is 1. The molecule has 3 atom stereocenters. The van der Waals surface area contributed by atoms with Gasteiger partial charge in [0.05, 0.1) is 5.37 Å². The number of Topliss-reactive ketones (excluding diaryl/α,β-unsaturated/α-hetero) is 1. The Morgan fingerprint density at radius 2 is 1.91 bits per heavy atom. The summed E-state index contributed by atoms with van der Waals surface area (Å²) in [5.41, 5.74) is 0.900. The summed E-state index contributed by atoms with van der Waals surface area (Å²) in [6.45, 7) is 5.43. The Kier molecular flexibility index (Phi) is 3.96. The van der Waals surface area contributed by atoms with E-state index < -0.39 is 22.7 Å². The lowest BCUT2D eigenvalue weighted by atomic mass is 9.89. The van der Waals surface area contributed by atoms with Crippen LogP contribution in [0.2, 0.25) is 0 Å². The molecule has 0 unspecified atom stereocenters. The zero-order valence-electron chi connectivity index (χ0n) is 13.3. The third-order valence-corrected chi connectivity index (χ3v) is 5.90. The van der Waals surface area contributed by atoms with Crippen LogP contribution in [0, 0.1) is 5.92 Å². The fourth-order valence-corrected chi connectivity index (χ4v) is 4.92. The summed E-state index contributed by atoms with van der Waals surface area (Å²) in [4.78, 5) is 37.9. The Balaban J connectivity index is 1.72. The molecule has 2 aliphatic heterocycles. The number of thioether (sulfide) groups is 1. The lowest BCUT2D eigenvalue weighted by molar-refractivity contribution is -0.169. The fraction of sp³-hybridized carbons (Fsp3) is 0.471. The molecule has 0 N–H and O–H groups in total. The lowest BCUT2D eigenvalue weighted by Gasteiger charge is -2.42. The van der Waals surface area contributed by atoms with Crippen molar-refractivity contribution in [3.63, 3.8) is 0 Å². The molecule has 1 aromatic carbocycles. The first-order chi connectivity index (χ1) is 10.8. The Hall–Kier alpha value is -1.82. The maximum atomic E-state index is 12.5. The van der Waals surface area contributed by atoms with Crippen molar-refractivity contribution in [2.45, 2.75) is 43.5 Å². The number of fused-ring (bicyclic) bond motifs is 1. The first-order valence-corrected chi connectivity index (χ1v) is 8.42. The molecular formula is C17H19NO4S. The molecule has 2 saturated heterocycles. The summed E-state index contributed by atoms with van der Waals surface area (Å²) in [6, 6.07) is 8.77. The molecule has 6 heteroatoms. The second-order valence-corrected chi connectivity index (χ2v) is 8.21. The smallest absolute Gasteiger partial charge is 0.330 e.